The van der Waals surface area contributed by atoms with Crippen LogP contribution < -0.4 is 19.5 Å². The van der Waals surface area contributed by atoms with Gasteiger partial charge >= 0.3 is 0 Å². The Morgan fingerprint density at radius 2 is 1.93 bits per heavy atom. The Balaban J connectivity index is 1.27. The van der Waals surface area contributed by atoms with Gasteiger partial charge in [0.25, 0.3) is 0 Å². The lowest BCUT2D eigenvalue weighted by atomic mass is 10.1. The van der Waals surface area contributed by atoms with Crippen LogP contribution >= 0.6 is 0 Å². The van der Waals surface area contributed by atoms with Gasteiger partial charge in [0.1, 0.15) is 12.4 Å². The Morgan fingerprint density at radius 1 is 1.07 bits per heavy atom. The number of amides is 1. The summed E-state index contributed by atoms with van der Waals surface area (Å²) >= 11 is 0. The fourth-order valence-electron chi connectivity index (χ4n) is 3.20. The molecule has 1 fully saturated rings. The summed E-state index contributed by atoms with van der Waals surface area (Å²) in [5, 5.41) is 2.90. The first-order chi connectivity index (χ1) is 13.3. The monoisotopic (exact) mass is 369 g/mol. The predicted octanol–water partition coefficient (Wildman–Crippen LogP) is 3.54. The molecule has 6 nitrogen and oxygen atoms in total. The molecule has 27 heavy (non-hydrogen) atoms. The fraction of sp³-hybridized carbons (Fsp3) is 0.381. The van der Waals surface area contributed by atoms with E-state index in [1.165, 1.54) is 6.42 Å². The average molecular weight is 369 g/mol. The van der Waals surface area contributed by atoms with Crippen molar-refractivity contribution >= 4 is 11.6 Å². The number of fused-ring (bicyclic) bond motifs is 1. The van der Waals surface area contributed by atoms with E-state index < -0.39 is 0 Å². The molecular weight excluding hydrogens is 346 g/mol. The number of carbonyl (C=O) groups excluding carboxylic acids is 1. The molecule has 2 aromatic carbocycles. The van der Waals surface area contributed by atoms with Crippen LogP contribution in [0.2, 0.25) is 0 Å². The minimum absolute atomic E-state index is 0.0851. The van der Waals surface area contributed by atoms with Crippen LogP contribution in [0.4, 0.5) is 5.69 Å². The smallest absolute Gasteiger partial charge is 0.231 e. The SMILES string of the molecule is O=C(Cc1ccc2c(c1)OCO2)Nc1ccc(OCC2CCCCO2)cc1. The molecule has 0 bridgehead atoms. The van der Waals surface area contributed by atoms with Crippen molar-refractivity contribution in [3.8, 4) is 17.2 Å². The van der Waals surface area contributed by atoms with E-state index >= 15 is 0 Å². The highest BCUT2D eigenvalue weighted by Gasteiger charge is 2.15. The minimum Gasteiger partial charge on any atom is -0.491 e. The van der Waals surface area contributed by atoms with Gasteiger partial charge in [0.05, 0.1) is 12.5 Å². The van der Waals surface area contributed by atoms with Crippen LogP contribution in [0, 0.1) is 0 Å². The molecule has 0 aromatic heterocycles. The number of rotatable bonds is 6. The molecule has 1 atom stereocenters. The lowest BCUT2D eigenvalue weighted by molar-refractivity contribution is -0.115. The summed E-state index contributed by atoms with van der Waals surface area (Å²) in [5.41, 5.74) is 1.62. The summed E-state index contributed by atoms with van der Waals surface area (Å²) in [4.78, 5) is 12.3. The summed E-state index contributed by atoms with van der Waals surface area (Å²) in [5.74, 6) is 2.09. The predicted molar refractivity (Wildman–Crippen MR) is 100 cm³/mol. The van der Waals surface area contributed by atoms with Gasteiger partial charge in [-0.25, -0.2) is 0 Å². The lowest BCUT2D eigenvalue weighted by Gasteiger charge is -2.22. The molecule has 2 aliphatic heterocycles. The van der Waals surface area contributed by atoms with E-state index in [4.69, 9.17) is 18.9 Å². The van der Waals surface area contributed by atoms with Crippen molar-refractivity contribution in [2.45, 2.75) is 31.8 Å². The molecule has 6 heteroatoms. The normalized spacial score (nSPS) is 18.1. The third-order valence-corrected chi connectivity index (χ3v) is 4.65. The van der Waals surface area contributed by atoms with Gasteiger partial charge < -0.3 is 24.3 Å². The molecule has 0 spiro atoms. The van der Waals surface area contributed by atoms with Crippen LogP contribution in [0.15, 0.2) is 42.5 Å². The number of hydrogen-bond acceptors (Lipinski definition) is 5. The van der Waals surface area contributed by atoms with Gasteiger partial charge in [0.15, 0.2) is 11.5 Å². The number of benzene rings is 2. The van der Waals surface area contributed by atoms with Gasteiger partial charge in [-0.3, -0.25) is 4.79 Å². The Morgan fingerprint density at radius 3 is 2.74 bits per heavy atom. The molecule has 0 saturated carbocycles. The summed E-state index contributed by atoms with van der Waals surface area (Å²) in [7, 11) is 0. The highest BCUT2D eigenvalue weighted by molar-refractivity contribution is 5.92. The van der Waals surface area contributed by atoms with Gasteiger partial charge in [-0.1, -0.05) is 6.07 Å². The van der Waals surface area contributed by atoms with Gasteiger partial charge in [-0.05, 0) is 61.2 Å². The highest BCUT2D eigenvalue weighted by Crippen LogP contribution is 2.32. The first-order valence-electron chi connectivity index (χ1n) is 9.29. The van der Waals surface area contributed by atoms with E-state index in [2.05, 4.69) is 5.32 Å². The van der Waals surface area contributed by atoms with E-state index in [0.29, 0.717) is 18.1 Å². The molecular formula is C21H23NO5. The first-order valence-corrected chi connectivity index (χ1v) is 9.29. The topological polar surface area (TPSA) is 66.0 Å². The second-order valence-electron chi connectivity index (χ2n) is 6.74. The third kappa shape index (κ3) is 4.71. The molecule has 142 valence electrons. The fourth-order valence-corrected chi connectivity index (χ4v) is 3.20. The number of ether oxygens (including phenoxy) is 4. The molecule has 0 radical (unpaired) electrons. The number of nitrogens with one attached hydrogen (secondary N) is 1. The van der Waals surface area contributed by atoms with E-state index in [1.807, 2.05) is 42.5 Å². The molecule has 1 amide bonds. The first kappa shape index (κ1) is 17.7. The summed E-state index contributed by atoms with van der Waals surface area (Å²) in [6.07, 6.45) is 3.83. The van der Waals surface area contributed by atoms with Crippen molar-refractivity contribution in [1.29, 1.82) is 0 Å². The van der Waals surface area contributed by atoms with Crippen molar-refractivity contribution in [1.82, 2.24) is 0 Å². The van der Waals surface area contributed by atoms with E-state index in [9.17, 15) is 4.79 Å². The molecule has 2 aromatic rings. The van der Waals surface area contributed by atoms with Crippen molar-refractivity contribution in [3.63, 3.8) is 0 Å². The van der Waals surface area contributed by atoms with Gasteiger partial charge in [0.2, 0.25) is 12.7 Å². The van der Waals surface area contributed by atoms with Crippen molar-refractivity contribution in [2.75, 3.05) is 25.3 Å². The molecule has 1 N–H and O–H groups in total. The van der Waals surface area contributed by atoms with Gasteiger partial charge in [0, 0.05) is 12.3 Å². The Labute approximate surface area is 158 Å². The molecule has 1 unspecified atom stereocenters. The number of anilines is 1. The number of hydrogen-bond donors (Lipinski definition) is 1. The molecule has 1 saturated heterocycles. The van der Waals surface area contributed by atoms with Crippen LogP contribution in [0.25, 0.3) is 0 Å². The van der Waals surface area contributed by atoms with Crippen LogP contribution in [0.3, 0.4) is 0 Å². The molecule has 2 aliphatic rings. The van der Waals surface area contributed by atoms with Crippen LogP contribution in [-0.2, 0) is 16.0 Å². The van der Waals surface area contributed by atoms with Crippen LogP contribution in [0.5, 0.6) is 17.2 Å². The Bertz CT molecular complexity index is 784. The third-order valence-electron chi connectivity index (χ3n) is 4.65. The lowest BCUT2D eigenvalue weighted by Crippen LogP contribution is -2.25. The van der Waals surface area contributed by atoms with E-state index in [1.54, 1.807) is 0 Å². The maximum atomic E-state index is 12.3. The second-order valence-corrected chi connectivity index (χ2v) is 6.74. The molecule has 4 rings (SSSR count). The second kappa shape index (κ2) is 8.31. The number of carbonyl (C=O) groups is 1. The zero-order chi connectivity index (χ0) is 18.5. The van der Waals surface area contributed by atoms with E-state index in [0.717, 1.165) is 36.4 Å². The van der Waals surface area contributed by atoms with Crippen LogP contribution in [0.1, 0.15) is 24.8 Å². The Hall–Kier alpha value is -2.73. The largest absolute Gasteiger partial charge is 0.491 e. The van der Waals surface area contributed by atoms with Crippen molar-refractivity contribution in [2.24, 2.45) is 0 Å². The standard InChI is InChI=1S/C21H23NO5/c23-21(12-15-4-9-19-20(11-15)27-14-26-19)22-16-5-7-17(8-6-16)25-13-18-3-1-2-10-24-18/h4-9,11,18H,1-3,10,12-14H2,(H,22,23). The highest BCUT2D eigenvalue weighted by atomic mass is 16.7. The van der Waals surface area contributed by atoms with Crippen molar-refractivity contribution in [3.05, 3.63) is 48.0 Å². The Kier molecular flexibility index (Phi) is 5.44. The summed E-state index contributed by atoms with van der Waals surface area (Å²) < 4.78 is 22.1. The summed E-state index contributed by atoms with van der Waals surface area (Å²) in [6, 6.07) is 12.9. The summed E-state index contributed by atoms with van der Waals surface area (Å²) in [6.45, 7) is 1.62. The maximum absolute atomic E-state index is 12.3. The maximum Gasteiger partial charge on any atom is 0.231 e. The minimum atomic E-state index is -0.0851. The van der Waals surface area contributed by atoms with Gasteiger partial charge in [-0.2, -0.15) is 0 Å². The van der Waals surface area contributed by atoms with Crippen LogP contribution in [-0.4, -0.2) is 32.0 Å². The zero-order valence-corrected chi connectivity index (χ0v) is 15.1. The van der Waals surface area contributed by atoms with E-state index in [-0.39, 0.29) is 25.2 Å². The average Bonchev–Trinajstić information content (AvgIpc) is 3.16. The zero-order valence-electron chi connectivity index (χ0n) is 15.1. The molecule has 2 heterocycles. The van der Waals surface area contributed by atoms with Gasteiger partial charge in [-0.15, -0.1) is 0 Å². The quantitative estimate of drug-likeness (QED) is 0.844. The molecule has 0 aliphatic carbocycles. The van der Waals surface area contributed by atoms with Crippen molar-refractivity contribution < 1.29 is 23.7 Å².